The van der Waals surface area contributed by atoms with E-state index in [1.165, 1.54) is 22.3 Å². The molecule has 1 N–H and O–H groups in total. The molecule has 4 aromatic rings. The van der Waals surface area contributed by atoms with Gasteiger partial charge < -0.3 is 33.5 Å². The Morgan fingerprint density at radius 2 is 0.904 bits per heavy atom. The van der Waals surface area contributed by atoms with Crippen LogP contribution in [0.4, 0.5) is 0 Å². The van der Waals surface area contributed by atoms with Gasteiger partial charge >= 0.3 is 6.10 Å². The maximum Gasteiger partial charge on any atom is 0.308 e. The molecule has 0 saturated carbocycles. The van der Waals surface area contributed by atoms with Crippen molar-refractivity contribution < 1.29 is 38.3 Å². The molecule has 8 heteroatoms. The number of ether oxygens (including phenoxy) is 7. The largest absolute Gasteiger partial charge is 0.491 e. The van der Waals surface area contributed by atoms with Crippen LogP contribution in [-0.4, -0.2) is 69.2 Å². The van der Waals surface area contributed by atoms with Crippen LogP contribution >= 0.6 is 0 Å². The molecule has 3 aliphatic heterocycles. The molecule has 3 fully saturated rings. The van der Waals surface area contributed by atoms with E-state index >= 15 is 0 Å². The van der Waals surface area contributed by atoms with E-state index in [-0.39, 0.29) is 36.6 Å². The molecular weight excluding hydrogens is 656 g/mol. The van der Waals surface area contributed by atoms with E-state index in [0.29, 0.717) is 32.8 Å². The third kappa shape index (κ3) is 11.1. The van der Waals surface area contributed by atoms with Crippen molar-refractivity contribution in [3.05, 3.63) is 126 Å². The van der Waals surface area contributed by atoms with Crippen LogP contribution < -0.4 is 18.9 Å². The topological polar surface area (TPSA) is 94.7 Å². The lowest BCUT2D eigenvalue weighted by molar-refractivity contribution is 0.104. The van der Waals surface area contributed by atoms with Crippen LogP contribution in [-0.2, 0) is 25.0 Å². The molecule has 4 aromatic carbocycles. The molecule has 4 atom stereocenters. The van der Waals surface area contributed by atoms with Gasteiger partial charge in [0, 0.05) is 10.8 Å². The zero-order valence-corrected chi connectivity index (χ0v) is 30.4. The number of aliphatic hydroxyl groups is 1. The number of rotatable bonds is 17. The van der Waals surface area contributed by atoms with Crippen LogP contribution in [0.3, 0.4) is 0 Å². The molecule has 0 bridgehead atoms. The summed E-state index contributed by atoms with van der Waals surface area (Å²) in [7, 11) is 0. The highest BCUT2D eigenvalue weighted by Gasteiger charge is 2.40. The molecule has 4 unspecified atom stereocenters. The number of hydrogen-bond donors (Lipinski definition) is 1. The summed E-state index contributed by atoms with van der Waals surface area (Å²) in [6, 6.07) is 33.0. The van der Waals surface area contributed by atoms with Crippen LogP contribution in [0.2, 0.25) is 0 Å². The number of hydrogen-bond acceptors (Lipinski definition) is 8. The van der Waals surface area contributed by atoms with E-state index in [1.807, 2.05) is 55.5 Å². The Kier molecular flexibility index (Phi) is 13.2. The van der Waals surface area contributed by atoms with Gasteiger partial charge in [-0.25, -0.2) is 0 Å². The van der Waals surface area contributed by atoms with Crippen molar-refractivity contribution >= 4 is 0 Å². The molecule has 3 aliphatic rings. The summed E-state index contributed by atoms with van der Waals surface area (Å²) < 4.78 is 38.1. The normalized spacial score (nSPS) is 19.1. The molecule has 0 spiro atoms. The van der Waals surface area contributed by atoms with Crippen molar-refractivity contribution in [3.63, 3.8) is 0 Å². The number of epoxide rings is 3. The fraction of sp³-hybridized carbons (Fsp3) is 0.432. The van der Waals surface area contributed by atoms with Gasteiger partial charge in [-0.15, -0.1) is 4.74 Å². The quantitative estimate of drug-likeness (QED) is 0.0864. The third-order valence-electron chi connectivity index (χ3n) is 9.64. The first-order chi connectivity index (χ1) is 24.6. The maximum absolute atomic E-state index is 9.60. The zero-order valence-electron chi connectivity index (χ0n) is 30.4. The molecule has 278 valence electrons. The highest BCUT2D eigenvalue weighted by Crippen LogP contribution is 2.35. The molecule has 0 amide bonds. The Balaban J connectivity index is 0.000000197. The summed E-state index contributed by atoms with van der Waals surface area (Å²) in [5.74, 6) is 3.41. The lowest BCUT2D eigenvalue weighted by Gasteiger charge is -2.26. The van der Waals surface area contributed by atoms with Gasteiger partial charge in [0.2, 0.25) is 0 Å². The Morgan fingerprint density at radius 3 is 1.19 bits per heavy atom. The Morgan fingerprint density at radius 1 is 0.596 bits per heavy atom. The third-order valence-corrected chi connectivity index (χ3v) is 9.64. The maximum atomic E-state index is 9.60. The van der Waals surface area contributed by atoms with E-state index in [4.69, 9.17) is 33.2 Å². The van der Waals surface area contributed by atoms with Crippen LogP contribution in [0, 0.1) is 6.61 Å². The Hall–Kier alpha value is -4.21. The molecule has 8 nitrogen and oxygen atoms in total. The van der Waals surface area contributed by atoms with Crippen LogP contribution in [0.5, 0.6) is 23.0 Å². The average Bonchev–Trinajstić information content (AvgIpc) is 4.00. The first kappa shape index (κ1) is 39.0. The summed E-state index contributed by atoms with van der Waals surface area (Å²) in [5.41, 5.74) is 4.71. The van der Waals surface area contributed by atoms with Gasteiger partial charge in [0.15, 0.2) is 6.61 Å². The van der Waals surface area contributed by atoms with Crippen molar-refractivity contribution in [2.75, 3.05) is 39.6 Å². The van der Waals surface area contributed by atoms with Crippen molar-refractivity contribution in [2.24, 2.45) is 0 Å². The van der Waals surface area contributed by atoms with E-state index < -0.39 is 6.10 Å². The van der Waals surface area contributed by atoms with Crippen molar-refractivity contribution in [3.8, 4) is 23.0 Å². The average molecular weight is 712 g/mol. The fourth-order valence-electron chi connectivity index (χ4n) is 5.53. The zero-order chi connectivity index (χ0) is 35.8. The van der Waals surface area contributed by atoms with Crippen molar-refractivity contribution in [2.45, 2.75) is 83.7 Å². The van der Waals surface area contributed by atoms with E-state index in [9.17, 15) is 5.11 Å². The lowest BCUT2D eigenvalue weighted by Crippen LogP contribution is -2.19. The molecule has 0 aromatic heterocycles. The van der Waals surface area contributed by atoms with Gasteiger partial charge in [-0.1, -0.05) is 90.6 Å². The minimum absolute atomic E-state index is 0. The van der Waals surface area contributed by atoms with Crippen LogP contribution in [0.15, 0.2) is 97.1 Å². The van der Waals surface area contributed by atoms with Crippen LogP contribution in [0.1, 0.15) is 70.7 Å². The monoisotopic (exact) mass is 711 g/mol. The first-order valence-corrected chi connectivity index (χ1v) is 17.9. The van der Waals surface area contributed by atoms with E-state index in [2.05, 4.69) is 76.2 Å². The second-order valence-electron chi connectivity index (χ2n) is 14.4. The Bertz CT molecular complexity index is 1580. The van der Waals surface area contributed by atoms with Gasteiger partial charge in [0.05, 0.1) is 19.3 Å². The smallest absolute Gasteiger partial charge is 0.308 e. The highest BCUT2D eigenvalue weighted by molar-refractivity contribution is 5.43. The minimum Gasteiger partial charge on any atom is -0.491 e. The lowest BCUT2D eigenvalue weighted by atomic mass is 9.78. The highest BCUT2D eigenvalue weighted by atomic mass is 16.6. The summed E-state index contributed by atoms with van der Waals surface area (Å²) in [5, 5.41) is 9.60. The van der Waals surface area contributed by atoms with E-state index in [0.717, 1.165) is 36.2 Å². The van der Waals surface area contributed by atoms with Gasteiger partial charge in [-0.2, -0.15) is 0 Å². The molecule has 3 heterocycles. The van der Waals surface area contributed by atoms with Gasteiger partial charge in [0.1, 0.15) is 55.0 Å². The number of aliphatic hydroxyl groups excluding tert-OH is 1. The first-order valence-electron chi connectivity index (χ1n) is 17.9. The van der Waals surface area contributed by atoms with Crippen molar-refractivity contribution in [1.29, 1.82) is 0 Å². The van der Waals surface area contributed by atoms with Crippen molar-refractivity contribution in [1.82, 2.24) is 0 Å². The summed E-state index contributed by atoms with van der Waals surface area (Å²) in [4.78, 5) is 0. The predicted octanol–water partition coefficient (Wildman–Crippen LogP) is 8.31. The summed E-state index contributed by atoms with van der Waals surface area (Å²) in [6.07, 6.45) is 0.978. The molecule has 7 rings (SSSR count). The van der Waals surface area contributed by atoms with Crippen LogP contribution in [0.25, 0.3) is 0 Å². The summed E-state index contributed by atoms with van der Waals surface area (Å²) >= 11 is 0. The van der Waals surface area contributed by atoms with Gasteiger partial charge in [-0.05, 0) is 77.2 Å². The van der Waals surface area contributed by atoms with E-state index in [1.54, 1.807) is 6.61 Å². The Labute approximate surface area is 309 Å². The van der Waals surface area contributed by atoms with Gasteiger partial charge in [-0.3, -0.25) is 0 Å². The molecule has 0 aliphatic carbocycles. The second-order valence-corrected chi connectivity index (χ2v) is 14.4. The SMILES string of the molecule is C.CC(C)(c1ccc(OCC2[CH+]O2)cc1)c1ccc(OCC2CO2)cc1.CCC(O)COc1ccc(C(C)(C)c2ccc(OCC3CO3)cc2)cc1. The molecule has 3 saturated heterocycles. The fourth-order valence-corrected chi connectivity index (χ4v) is 5.53. The number of benzene rings is 4. The molecular formula is C44H55O8+. The standard InChI is InChI=1S/C22H28O4.C21H23O4.CH4/c1-4-18(23)13-24-19-9-5-16(6-10-19)22(2,3)17-7-11-20(12-8-17)25-14-21-15-26-21;1-21(2,15-3-7-17(8-4-15)22-11-19-13-24-19)16-5-9-18(10-6-16)23-12-20-14-25-20;/h5-12,18,21,23H,4,13-15H2,1-3H3;3-10,13,19-20H,11-12,14H2,1-2H3;1H4/q;+1;. The predicted molar refractivity (Wildman–Crippen MR) is 204 cm³/mol. The molecule has 0 radical (unpaired) electrons. The summed E-state index contributed by atoms with van der Waals surface area (Å²) in [6.45, 7) is 16.4. The van der Waals surface area contributed by atoms with Gasteiger partial charge in [0.25, 0.3) is 6.61 Å². The second kappa shape index (κ2) is 17.5. The molecule has 52 heavy (non-hydrogen) atoms. The minimum atomic E-state index is -0.418.